The van der Waals surface area contributed by atoms with Gasteiger partial charge in [-0.3, -0.25) is 0 Å². The second kappa shape index (κ2) is 4.85. The third-order valence-electron chi connectivity index (χ3n) is 1.63. The zero-order valence-electron chi connectivity index (χ0n) is 7.74. The third kappa shape index (κ3) is 5.03. The lowest BCUT2D eigenvalue weighted by molar-refractivity contribution is -0.125. The number of nitrogens with two attached hydrogens (primary N) is 1. The number of nitrogens with one attached hydrogen (secondary N) is 1. The van der Waals surface area contributed by atoms with Crippen LogP contribution in [0.15, 0.2) is 22.7 Å². The summed E-state index contributed by atoms with van der Waals surface area (Å²) >= 11 is 3.21. The summed E-state index contributed by atoms with van der Waals surface area (Å²) < 4.78 is 36.2. The van der Waals surface area contributed by atoms with Crippen molar-refractivity contribution in [2.45, 2.75) is 12.7 Å². The summed E-state index contributed by atoms with van der Waals surface area (Å²) in [5, 5.41) is 2.29. The number of halogens is 4. The first kappa shape index (κ1) is 12.3. The molecular formula is C9H10BrF3N2. The predicted octanol–water partition coefficient (Wildman–Crippen LogP) is 2.68. The Kier molecular flexibility index (Phi) is 3.98. The van der Waals surface area contributed by atoms with Gasteiger partial charge >= 0.3 is 6.18 Å². The van der Waals surface area contributed by atoms with Gasteiger partial charge in [-0.1, -0.05) is 15.9 Å². The van der Waals surface area contributed by atoms with E-state index < -0.39 is 12.7 Å². The molecule has 0 amide bonds. The quantitative estimate of drug-likeness (QED) is 0.837. The number of benzene rings is 1. The highest BCUT2D eigenvalue weighted by Crippen LogP contribution is 2.18. The molecule has 1 rings (SSSR count). The van der Waals surface area contributed by atoms with E-state index in [-0.39, 0.29) is 6.54 Å². The van der Waals surface area contributed by atoms with Crippen molar-refractivity contribution < 1.29 is 13.2 Å². The number of hydrogen-bond acceptors (Lipinski definition) is 2. The van der Waals surface area contributed by atoms with Crippen LogP contribution in [0.3, 0.4) is 0 Å². The minimum atomic E-state index is -4.18. The van der Waals surface area contributed by atoms with Crippen molar-refractivity contribution >= 4 is 21.6 Å². The largest absolute Gasteiger partial charge is 0.401 e. The maximum absolute atomic E-state index is 11.8. The summed E-state index contributed by atoms with van der Waals surface area (Å²) in [6.45, 7) is -0.859. The molecule has 84 valence electrons. The zero-order chi connectivity index (χ0) is 11.5. The van der Waals surface area contributed by atoms with E-state index in [0.717, 1.165) is 4.47 Å². The van der Waals surface area contributed by atoms with E-state index in [0.29, 0.717) is 11.3 Å². The average molecular weight is 283 g/mol. The molecule has 0 aliphatic carbocycles. The van der Waals surface area contributed by atoms with Gasteiger partial charge in [-0.2, -0.15) is 13.2 Å². The van der Waals surface area contributed by atoms with Crippen LogP contribution in [0.25, 0.3) is 0 Å². The van der Waals surface area contributed by atoms with E-state index in [1.165, 1.54) is 0 Å². The summed E-state index contributed by atoms with van der Waals surface area (Å²) in [5.41, 5.74) is 6.77. The van der Waals surface area contributed by atoms with Gasteiger partial charge in [-0.25, -0.2) is 0 Å². The van der Waals surface area contributed by atoms with Gasteiger partial charge in [-0.15, -0.1) is 0 Å². The fourth-order valence-corrected chi connectivity index (χ4v) is 1.68. The van der Waals surface area contributed by atoms with Crippen molar-refractivity contribution in [1.29, 1.82) is 0 Å². The Balaban J connectivity index is 2.51. The van der Waals surface area contributed by atoms with Crippen molar-refractivity contribution in [2.75, 3.05) is 12.3 Å². The Hall–Kier alpha value is -0.750. The fraction of sp³-hybridized carbons (Fsp3) is 0.333. The number of hydrogen-bond donors (Lipinski definition) is 2. The van der Waals surface area contributed by atoms with Crippen molar-refractivity contribution in [1.82, 2.24) is 5.32 Å². The lowest BCUT2D eigenvalue weighted by Gasteiger charge is -2.08. The molecule has 15 heavy (non-hydrogen) atoms. The summed E-state index contributed by atoms with van der Waals surface area (Å²) in [6.07, 6.45) is -4.18. The molecule has 6 heteroatoms. The molecule has 0 aliphatic heterocycles. The predicted molar refractivity (Wildman–Crippen MR) is 56.3 cm³/mol. The van der Waals surface area contributed by atoms with Crippen LogP contribution in [0.2, 0.25) is 0 Å². The molecule has 0 spiro atoms. The van der Waals surface area contributed by atoms with Crippen molar-refractivity contribution in [3.63, 3.8) is 0 Å². The lowest BCUT2D eigenvalue weighted by Crippen LogP contribution is -2.28. The van der Waals surface area contributed by atoms with Crippen LogP contribution in [-0.2, 0) is 6.54 Å². The van der Waals surface area contributed by atoms with E-state index in [4.69, 9.17) is 5.73 Å². The lowest BCUT2D eigenvalue weighted by atomic mass is 10.2. The summed E-state index contributed by atoms with van der Waals surface area (Å²) in [4.78, 5) is 0. The second-order valence-corrected chi connectivity index (χ2v) is 4.03. The van der Waals surface area contributed by atoms with Gasteiger partial charge in [0.25, 0.3) is 0 Å². The molecule has 0 unspecified atom stereocenters. The minimum absolute atomic E-state index is 0.142. The second-order valence-electron chi connectivity index (χ2n) is 3.11. The smallest absolute Gasteiger partial charge is 0.399 e. The molecular weight excluding hydrogens is 273 g/mol. The molecule has 1 aromatic rings. The monoisotopic (exact) mass is 282 g/mol. The average Bonchev–Trinajstić information content (AvgIpc) is 1.99. The van der Waals surface area contributed by atoms with E-state index in [9.17, 15) is 13.2 Å². The maximum atomic E-state index is 11.8. The van der Waals surface area contributed by atoms with Crippen LogP contribution in [0.1, 0.15) is 5.56 Å². The van der Waals surface area contributed by atoms with Crippen LogP contribution in [0.4, 0.5) is 18.9 Å². The van der Waals surface area contributed by atoms with Crippen molar-refractivity contribution in [3.05, 3.63) is 28.2 Å². The normalized spacial score (nSPS) is 11.7. The Bertz CT molecular complexity index is 318. The van der Waals surface area contributed by atoms with Crippen LogP contribution < -0.4 is 11.1 Å². The highest BCUT2D eigenvalue weighted by molar-refractivity contribution is 9.10. The Morgan fingerprint density at radius 3 is 2.47 bits per heavy atom. The van der Waals surface area contributed by atoms with E-state index >= 15 is 0 Å². The Morgan fingerprint density at radius 1 is 1.27 bits per heavy atom. The van der Waals surface area contributed by atoms with Crippen LogP contribution in [-0.4, -0.2) is 12.7 Å². The SMILES string of the molecule is Nc1cc(Br)cc(CNCC(F)(F)F)c1. The number of nitrogen functional groups attached to an aromatic ring is 1. The van der Waals surface area contributed by atoms with Gasteiger partial charge in [0.05, 0.1) is 6.54 Å². The number of rotatable bonds is 3. The number of anilines is 1. The van der Waals surface area contributed by atoms with Crippen LogP contribution in [0.5, 0.6) is 0 Å². The van der Waals surface area contributed by atoms with Gasteiger partial charge in [0.1, 0.15) is 0 Å². The highest BCUT2D eigenvalue weighted by Gasteiger charge is 2.25. The molecule has 0 atom stereocenters. The van der Waals surface area contributed by atoms with E-state index in [1.807, 2.05) is 0 Å². The van der Waals surface area contributed by atoms with Gasteiger partial charge < -0.3 is 11.1 Å². The molecule has 3 N–H and O–H groups in total. The molecule has 2 nitrogen and oxygen atoms in total. The van der Waals surface area contributed by atoms with Gasteiger partial charge in [0.15, 0.2) is 0 Å². The first-order chi connectivity index (χ1) is 6.87. The summed E-state index contributed by atoms with van der Waals surface area (Å²) in [5.74, 6) is 0. The van der Waals surface area contributed by atoms with Gasteiger partial charge in [0, 0.05) is 16.7 Å². The first-order valence-electron chi connectivity index (χ1n) is 4.19. The van der Waals surface area contributed by atoms with Crippen LogP contribution in [0, 0.1) is 0 Å². The fourth-order valence-electron chi connectivity index (χ4n) is 1.13. The van der Waals surface area contributed by atoms with E-state index in [2.05, 4.69) is 21.2 Å². The molecule has 0 saturated carbocycles. The van der Waals surface area contributed by atoms with Crippen molar-refractivity contribution in [2.24, 2.45) is 0 Å². The minimum Gasteiger partial charge on any atom is -0.399 e. The third-order valence-corrected chi connectivity index (χ3v) is 2.09. The molecule has 1 aromatic carbocycles. The van der Waals surface area contributed by atoms with Crippen molar-refractivity contribution in [3.8, 4) is 0 Å². The summed E-state index contributed by atoms with van der Waals surface area (Å²) in [7, 11) is 0. The first-order valence-corrected chi connectivity index (χ1v) is 4.98. The topological polar surface area (TPSA) is 38.0 Å². The molecule has 0 aromatic heterocycles. The van der Waals surface area contributed by atoms with Gasteiger partial charge in [0.2, 0.25) is 0 Å². The number of alkyl halides is 3. The summed E-state index contributed by atoms with van der Waals surface area (Å²) in [6, 6.07) is 5.04. The Labute approximate surface area is 93.8 Å². The van der Waals surface area contributed by atoms with Crippen LogP contribution >= 0.6 is 15.9 Å². The highest BCUT2D eigenvalue weighted by atomic mass is 79.9. The molecule has 0 saturated heterocycles. The molecule has 0 bridgehead atoms. The maximum Gasteiger partial charge on any atom is 0.401 e. The standard InChI is InChI=1S/C9H10BrF3N2/c10-7-1-6(2-8(14)3-7)4-15-5-9(11,12)13/h1-3,15H,4-5,14H2. The molecule has 0 heterocycles. The van der Waals surface area contributed by atoms with E-state index in [1.54, 1.807) is 18.2 Å². The molecule has 0 fully saturated rings. The Morgan fingerprint density at radius 2 is 1.93 bits per heavy atom. The van der Waals surface area contributed by atoms with Gasteiger partial charge in [-0.05, 0) is 23.8 Å². The molecule has 0 radical (unpaired) electrons. The molecule has 0 aliphatic rings. The zero-order valence-corrected chi connectivity index (χ0v) is 9.32.